The van der Waals surface area contributed by atoms with Gasteiger partial charge in [-0.25, -0.2) is 4.79 Å². The summed E-state index contributed by atoms with van der Waals surface area (Å²) in [6.07, 6.45) is -12.9. The summed E-state index contributed by atoms with van der Waals surface area (Å²) in [6.45, 7) is 2.44. The van der Waals surface area contributed by atoms with E-state index >= 15 is 0 Å². The average Bonchev–Trinajstić information content (AvgIpc) is 2.44. The van der Waals surface area contributed by atoms with Gasteiger partial charge in [-0.15, -0.1) is 0 Å². The molecule has 1 unspecified atom stereocenters. The van der Waals surface area contributed by atoms with Crippen molar-refractivity contribution in [2.75, 3.05) is 0 Å². The van der Waals surface area contributed by atoms with Gasteiger partial charge in [0, 0.05) is 6.08 Å². The first-order chi connectivity index (χ1) is 11.1. The van der Waals surface area contributed by atoms with E-state index in [1.807, 2.05) is 0 Å². The van der Waals surface area contributed by atoms with Crippen LogP contribution in [0.3, 0.4) is 0 Å². The molecule has 0 N–H and O–H groups in total. The van der Waals surface area contributed by atoms with Crippen molar-refractivity contribution in [3.8, 4) is 0 Å². The number of esters is 1. The monoisotopic (exact) mass is 422 g/mol. The van der Waals surface area contributed by atoms with E-state index < -0.39 is 48.1 Å². The Kier molecular flexibility index (Phi) is 6.00. The van der Waals surface area contributed by atoms with Gasteiger partial charge in [0.1, 0.15) is 0 Å². The highest BCUT2D eigenvalue weighted by Crippen LogP contribution is 2.60. The molecule has 0 aliphatic heterocycles. The van der Waals surface area contributed by atoms with Gasteiger partial charge in [0.2, 0.25) is 0 Å². The number of alkyl halides is 14. The number of ether oxygens (including phenoxy) is 1. The molecule has 16 heteroatoms. The van der Waals surface area contributed by atoms with Gasteiger partial charge in [0.25, 0.3) is 0 Å². The first-order valence-electron chi connectivity index (χ1n) is 5.55. The Labute approximate surface area is 133 Å². The van der Waals surface area contributed by atoms with Gasteiger partial charge in [-0.2, -0.15) is 61.5 Å². The first-order valence-corrected chi connectivity index (χ1v) is 5.55. The SMILES string of the molecule is C=CC(=O)OC(F)C(F)(F)C(F)(F)C(F)(F)C(F)(F)C(F)(F)C(F)(F)F. The standard InChI is InChI=1S/C10H4F14O2/c1-2-3(25)26-4(11)5(12,13)6(14,15)7(16,17)8(18,19)9(20,21)10(22,23)24/h2,4H,1H2. The van der Waals surface area contributed by atoms with Crippen LogP contribution in [0, 0.1) is 0 Å². The molecule has 0 fully saturated rings. The maximum absolute atomic E-state index is 13.1. The van der Waals surface area contributed by atoms with E-state index in [2.05, 4.69) is 11.3 Å². The molecule has 154 valence electrons. The molecular formula is C10H4F14O2. The Morgan fingerprint density at radius 1 is 0.731 bits per heavy atom. The molecule has 0 aliphatic rings. The van der Waals surface area contributed by atoms with Gasteiger partial charge in [0.05, 0.1) is 0 Å². The highest BCUT2D eigenvalue weighted by molar-refractivity contribution is 5.81. The van der Waals surface area contributed by atoms with Crippen molar-refractivity contribution in [2.45, 2.75) is 42.1 Å². The number of carbonyl (C=O) groups is 1. The molecule has 0 spiro atoms. The quantitative estimate of drug-likeness (QED) is 0.337. The van der Waals surface area contributed by atoms with Crippen LogP contribution in [-0.4, -0.2) is 48.1 Å². The molecule has 0 aromatic rings. The minimum Gasteiger partial charge on any atom is -0.421 e. The molecule has 0 heterocycles. The maximum atomic E-state index is 13.1. The van der Waals surface area contributed by atoms with Crippen LogP contribution in [0.1, 0.15) is 0 Å². The van der Waals surface area contributed by atoms with Crippen LogP contribution in [0.4, 0.5) is 61.5 Å². The van der Waals surface area contributed by atoms with E-state index in [1.54, 1.807) is 0 Å². The van der Waals surface area contributed by atoms with Gasteiger partial charge in [-0.05, 0) is 0 Å². The molecule has 0 aromatic carbocycles. The zero-order valence-electron chi connectivity index (χ0n) is 11.5. The third-order valence-corrected chi connectivity index (χ3v) is 2.63. The Balaban J connectivity index is 6.23. The Morgan fingerprint density at radius 3 is 1.38 bits per heavy atom. The second-order valence-corrected chi connectivity index (χ2v) is 4.38. The number of rotatable bonds is 7. The van der Waals surface area contributed by atoms with Crippen LogP contribution in [-0.2, 0) is 9.53 Å². The van der Waals surface area contributed by atoms with Crippen molar-refractivity contribution < 1.29 is 71.0 Å². The van der Waals surface area contributed by atoms with Crippen LogP contribution in [0.5, 0.6) is 0 Å². The maximum Gasteiger partial charge on any atom is 0.460 e. The lowest BCUT2D eigenvalue weighted by atomic mass is 9.94. The molecular weight excluding hydrogens is 418 g/mol. The van der Waals surface area contributed by atoms with Gasteiger partial charge in [-0.3, -0.25) is 0 Å². The van der Waals surface area contributed by atoms with Crippen LogP contribution in [0.25, 0.3) is 0 Å². The summed E-state index contributed by atoms with van der Waals surface area (Å²) in [6, 6.07) is 0. The summed E-state index contributed by atoms with van der Waals surface area (Å²) < 4.78 is 180. The average molecular weight is 422 g/mol. The van der Waals surface area contributed by atoms with Crippen molar-refractivity contribution in [2.24, 2.45) is 0 Å². The summed E-state index contributed by atoms with van der Waals surface area (Å²) in [5.41, 5.74) is 0. The second kappa shape index (κ2) is 6.44. The molecule has 0 aliphatic carbocycles. The van der Waals surface area contributed by atoms with Crippen LogP contribution in [0.2, 0.25) is 0 Å². The van der Waals surface area contributed by atoms with E-state index in [0.29, 0.717) is 0 Å². The normalized spacial score (nSPS) is 16.2. The Bertz CT molecular complexity index is 548. The van der Waals surface area contributed by atoms with Crippen LogP contribution >= 0.6 is 0 Å². The first kappa shape index (κ1) is 24.2. The zero-order chi connectivity index (χ0) is 21.6. The number of hydrogen-bond acceptors (Lipinski definition) is 2. The minimum absolute atomic E-state index is 0.175. The van der Waals surface area contributed by atoms with E-state index in [-0.39, 0.29) is 6.08 Å². The predicted octanol–water partition coefficient (Wildman–Crippen LogP) is 4.75. The summed E-state index contributed by atoms with van der Waals surface area (Å²) in [5, 5.41) is 0. The van der Waals surface area contributed by atoms with Gasteiger partial charge in [0.15, 0.2) is 0 Å². The zero-order valence-corrected chi connectivity index (χ0v) is 11.5. The molecule has 0 aromatic heterocycles. The molecule has 0 radical (unpaired) electrons. The Morgan fingerprint density at radius 2 is 1.08 bits per heavy atom. The van der Waals surface area contributed by atoms with Crippen LogP contribution < -0.4 is 0 Å². The van der Waals surface area contributed by atoms with E-state index in [1.165, 1.54) is 0 Å². The van der Waals surface area contributed by atoms with E-state index in [9.17, 15) is 66.3 Å². The third kappa shape index (κ3) is 3.28. The van der Waals surface area contributed by atoms with Gasteiger partial charge in [-0.1, -0.05) is 6.58 Å². The summed E-state index contributed by atoms with van der Waals surface area (Å²) in [5.74, 6) is -41.6. The topological polar surface area (TPSA) is 26.3 Å². The Hall–Kier alpha value is -1.77. The fourth-order valence-electron chi connectivity index (χ4n) is 1.15. The second-order valence-electron chi connectivity index (χ2n) is 4.38. The highest BCUT2D eigenvalue weighted by atomic mass is 19.4. The smallest absolute Gasteiger partial charge is 0.421 e. The molecule has 0 amide bonds. The lowest BCUT2D eigenvalue weighted by Crippen LogP contribution is -2.71. The fourth-order valence-corrected chi connectivity index (χ4v) is 1.15. The molecule has 0 saturated carbocycles. The van der Waals surface area contributed by atoms with Crippen molar-refractivity contribution in [1.82, 2.24) is 0 Å². The summed E-state index contributed by atoms with van der Waals surface area (Å²) in [4.78, 5) is 10.4. The largest absolute Gasteiger partial charge is 0.460 e. The molecule has 0 bridgehead atoms. The van der Waals surface area contributed by atoms with Crippen molar-refractivity contribution in [3.63, 3.8) is 0 Å². The molecule has 0 rings (SSSR count). The molecule has 0 saturated heterocycles. The van der Waals surface area contributed by atoms with Crippen LogP contribution in [0.15, 0.2) is 12.7 Å². The van der Waals surface area contributed by atoms with Crippen molar-refractivity contribution in [1.29, 1.82) is 0 Å². The predicted molar refractivity (Wildman–Crippen MR) is 52.0 cm³/mol. The summed E-state index contributed by atoms with van der Waals surface area (Å²) in [7, 11) is 0. The van der Waals surface area contributed by atoms with Crippen molar-refractivity contribution in [3.05, 3.63) is 12.7 Å². The lowest BCUT2D eigenvalue weighted by Gasteiger charge is -2.39. The molecule has 2 nitrogen and oxygen atoms in total. The number of hydrogen-bond donors (Lipinski definition) is 0. The molecule has 1 atom stereocenters. The summed E-state index contributed by atoms with van der Waals surface area (Å²) >= 11 is 0. The molecule has 26 heavy (non-hydrogen) atoms. The third-order valence-electron chi connectivity index (χ3n) is 2.63. The number of halogens is 14. The minimum atomic E-state index is -8.16. The lowest BCUT2D eigenvalue weighted by molar-refractivity contribution is -0.447. The fraction of sp³-hybridized carbons (Fsp3) is 0.700. The van der Waals surface area contributed by atoms with Gasteiger partial charge >= 0.3 is 48.1 Å². The van der Waals surface area contributed by atoms with E-state index in [4.69, 9.17) is 0 Å². The van der Waals surface area contributed by atoms with Gasteiger partial charge < -0.3 is 4.74 Å². The van der Waals surface area contributed by atoms with Crippen molar-refractivity contribution >= 4 is 5.97 Å². The number of carbonyl (C=O) groups excluding carboxylic acids is 1. The highest BCUT2D eigenvalue weighted by Gasteiger charge is 2.91. The van der Waals surface area contributed by atoms with E-state index in [0.717, 1.165) is 0 Å².